The Hall–Kier alpha value is -0.408. The van der Waals surface area contributed by atoms with Crippen LogP contribution in [0.5, 0.6) is 0 Å². The van der Waals surface area contributed by atoms with Crippen LogP contribution in [0.1, 0.15) is 52.9 Å². The zero-order valence-electron chi connectivity index (χ0n) is 11.6. The standard InChI is InChI=1S/C4H6O3.2C4H9O.Al/c1-3(5)2-4(6)7;2*1-2-3-4-5;/h2H2,1H3,(H,6,7);2*2-4H2,1H3;/q;2*-1;+3/p-1. The molecule has 0 radical (unpaired) electrons. The van der Waals surface area contributed by atoms with Gasteiger partial charge in [-0.05, 0) is 6.92 Å². The van der Waals surface area contributed by atoms with Crippen LogP contribution in [0.4, 0.5) is 0 Å². The molecule has 0 unspecified atom stereocenters. The predicted molar refractivity (Wildman–Crippen MR) is 65.6 cm³/mol. The van der Waals surface area contributed by atoms with Crippen molar-refractivity contribution < 1.29 is 24.9 Å². The molecule has 0 amide bonds. The first-order valence-electron chi connectivity index (χ1n) is 5.81. The van der Waals surface area contributed by atoms with Crippen LogP contribution >= 0.6 is 0 Å². The zero-order chi connectivity index (χ0) is 14.1. The van der Waals surface area contributed by atoms with Crippen LogP contribution in [0.15, 0.2) is 0 Å². The Bertz CT molecular complexity index is 152. The normalized spacial score (nSPS) is 7.83. The number of aliphatic carboxylic acids is 1. The van der Waals surface area contributed by atoms with E-state index in [1.54, 1.807) is 0 Å². The van der Waals surface area contributed by atoms with E-state index in [1.165, 1.54) is 6.92 Å². The van der Waals surface area contributed by atoms with Crippen LogP contribution in [-0.4, -0.2) is 42.3 Å². The molecule has 0 aliphatic rings. The molecule has 0 bridgehead atoms. The minimum Gasteiger partial charge on any atom is -0.854 e. The topological polar surface area (TPSA) is 103 Å². The van der Waals surface area contributed by atoms with Crippen molar-refractivity contribution in [3.8, 4) is 0 Å². The van der Waals surface area contributed by atoms with Gasteiger partial charge < -0.3 is 20.1 Å². The van der Waals surface area contributed by atoms with Gasteiger partial charge in [-0.25, -0.2) is 0 Å². The Morgan fingerprint density at radius 2 is 1.28 bits per heavy atom. The van der Waals surface area contributed by atoms with E-state index in [1.807, 2.05) is 13.8 Å². The summed E-state index contributed by atoms with van der Waals surface area (Å²) in [5.41, 5.74) is 0. The number of unbranched alkanes of at least 4 members (excludes halogenated alkanes) is 2. The van der Waals surface area contributed by atoms with Gasteiger partial charge in [0, 0.05) is 12.4 Å². The summed E-state index contributed by atoms with van der Waals surface area (Å²) >= 11 is 0. The largest absolute Gasteiger partial charge is 3.00 e. The van der Waals surface area contributed by atoms with Crippen molar-refractivity contribution in [2.24, 2.45) is 0 Å². The van der Waals surface area contributed by atoms with E-state index in [4.69, 9.17) is 0 Å². The third-order valence-electron chi connectivity index (χ3n) is 1.39. The van der Waals surface area contributed by atoms with Crippen molar-refractivity contribution in [3.05, 3.63) is 0 Å². The quantitative estimate of drug-likeness (QED) is 0.439. The van der Waals surface area contributed by atoms with Crippen molar-refractivity contribution in [3.63, 3.8) is 0 Å². The number of rotatable bonds is 6. The second-order valence-corrected chi connectivity index (χ2v) is 3.37. The molecule has 0 aromatic rings. The molecule has 0 aliphatic carbocycles. The van der Waals surface area contributed by atoms with Gasteiger partial charge in [-0.3, -0.25) is 4.79 Å². The molecule has 0 heterocycles. The number of carboxylic acid groups (broad SMARTS) is 1. The maximum Gasteiger partial charge on any atom is 3.00 e. The summed E-state index contributed by atoms with van der Waals surface area (Å²) in [5.74, 6) is -1.69. The Balaban J connectivity index is -0.0000000813. The molecule has 104 valence electrons. The molecule has 0 aromatic heterocycles. The second-order valence-electron chi connectivity index (χ2n) is 3.37. The maximum absolute atomic E-state index is 9.83. The molecule has 0 aromatic carbocycles. The first-order valence-corrected chi connectivity index (χ1v) is 5.81. The summed E-state index contributed by atoms with van der Waals surface area (Å²) in [6.07, 6.45) is 3.26. The van der Waals surface area contributed by atoms with Crippen molar-refractivity contribution in [1.29, 1.82) is 0 Å². The molecule has 0 saturated heterocycles. The van der Waals surface area contributed by atoms with Crippen LogP contribution in [-0.2, 0) is 9.59 Å². The van der Waals surface area contributed by atoms with Crippen LogP contribution < -0.4 is 15.3 Å². The minimum absolute atomic E-state index is 0. The van der Waals surface area contributed by atoms with E-state index in [0.29, 0.717) is 0 Å². The van der Waals surface area contributed by atoms with Crippen molar-refractivity contribution in [1.82, 2.24) is 0 Å². The SMILES string of the molecule is CC(=O)CC(=O)[O-].CCCC[O-].CCCC[O-].[Al+3]. The summed E-state index contributed by atoms with van der Waals surface area (Å²) in [4.78, 5) is 19.3. The summed E-state index contributed by atoms with van der Waals surface area (Å²) in [6.45, 7) is 5.42. The number of Topliss-reactive ketones (excluding diaryl/α,β-unsaturated/α-hetero) is 1. The predicted octanol–water partition coefficient (Wildman–Crippen LogP) is -1.37. The molecule has 0 aliphatic heterocycles. The average Bonchev–Trinajstić information content (AvgIpc) is 2.19. The molecule has 0 saturated carbocycles. The van der Waals surface area contributed by atoms with Crippen molar-refractivity contribution >= 4 is 29.1 Å². The van der Waals surface area contributed by atoms with Gasteiger partial charge in [-0.2, -0.15) is 0 Å². The fourth-order valence-electron chi connectivity index (χ4n) is 0.492. The monoisotopic (exact) mass is 274 g/mol. The molecule has 18 heavy (non-hydrogen) atoms. The van der Waals surface area contributed by atoms with Gasteiger partial charge in [-0.15, -0.1) is 13.2 Å². The third kappa shape index (κ3) is 57.6. The van der Waals surface area contributed by atoms with Gasteiger partial charge in [0.25, 0.3) is 0 Å². The number of carbonyl (C=O) groups excluding carboxylic acids is 2. The maximum atomic E-state index is 9.83. The average molecular weight is 274 g/mol. The van der Waals surface area contributed by atoms with E-state index >= 15 is 0 Å². The van der Waals surface area contributed by atoms with E-state index in [-0.39, 0.29) is 36.4 Å². The Morgan fingerprint density at radius 3 is 1.28 bits per heavy atom. The molecule has 5 nitrogen and oxygen atoms in total. The summed E-state index contributed by atoms with van der Waals surface area (Å²) in [7, 11) is 0. The van der Waals surface area contributed by atoms with Gasteiger partial charge >= 0.3 is 17.4 Å². The molecule has 0 fully saturated rings. The molecule has 0 atom stereocenters. The van der Waals surface area contributed by atoms with Gasteiger partial charge in [0.05, 0.1) is 0 Å². The zero-order valence-corrected chi connectivity index (χ0v) is 12.7. The molecule has 0 N–H and O–H groups in total. The molecule has 0 rings (SSSR count). The van der Waals surface area contributed by atoms with E-state index in [2.05, 4.69) is 0 Å². The Kier molecular flexibility index (Phi) is 37.1. The smallest absolute Gasteiger partial charge is 0.854 e. The third-order valence-corrected chi connectivity index (χ3v) is 1.39. The number of carboxylic acids is 1. The van der Waals surface area contributed by atoms with Crippen LogP contribution in [0, 0.1) is 0 Å². The first kappa shape index (κ1) is 26.2. The van der Waals surface area contributed by atoms with Gasteiger partial charge in [0.2, 0.25) is 0 Å². The molecule has 0 spiro atoms. The first-order chi connectivity index (χ1) is 7.95. The number of hydrogen-bond acceptors (Lipinski definition) is 5. The fourth-order valence-corrected chi connectivity index (χ4v) is 0.492. The number of carbonyl (C=O) groups is 2. The van der Waals surface area contributed by atoms with Crippen molar-refractivity contribution in [2.45, 2.75) is 52.9 Å². The Labute approximate surface area is 120 Å². The van der Waals surface area contributed by atoms with Crippen molar-refractivity contribution in [2.75, 3.05) is 13.2 Å². The van der Waals surface area contributed by atoms with Gasteiger partial charge in [0.15, 0.2) is 0 Å². The molecule has 6 heteroatoms. The number of hydrogen-bond donors (Lipinski definition) is 0. The Morgan fingerprint density at radius 1 is 0.944 bits per heavy atom. The van der Waals surface area contributed by atoms with E-state index in [0.717, 1.165) is 25.7 Å². The van der Waals surface area contributed by atoms with Crippen LogP contribution in [0.3, 0.4) is 0 Å². The van der Waals surface area contributed by atoms with Gasteiger partial charge in [0.1, 0.15) is 5.78 Å². The summed E-state index contributed by atoms with van der Waals surface area (Å²) in [6, 6.07) is 0. The number of ketones is 1. The molecular formula is C12H23AlO5. The minimum atomic E-state index is -1.31. The van der Waals surface area contributed by atoms with Crippen LogP contribution in [0.25, 0.3) is 0 Å². The summed E-state index contributed by atoms with van der Waals surface area (Å²) in [5, 5.41) is 28.5. The van der Waals surface area contributed by atoms with Crippen LogP contribution in [0.2, 0.25) is 0 Å². The van der Waals surface area contributed by atoms with E-state index < -0.39 is 12.4 Å². The molecular weight excluding hydrogens is 251 g/mol. The fraction of sp³-hybridized carbons (Fsp3) is 0.833. The summed E-state index contributed by atoms with van der Waals surface area (Å²) < 4.78 is 0. The van der Waals surface area contributed by atoms with E-state index in [9.17, 15) is 24.9 Å². The second kappa shape index (κ2) is 25.4. The van der Waals surface area contributed by atoms with Gasteiger partial charge in [-0.1, -0.05) is 39.5 Å².